The van der Waals surface area contributed by atoms with Gasteiger partial charge in [0.15, 0.2) is 0 Å². The number of carbonyl (C=O) groups excluding carboxylic acids is 1. The van der Waals surface area contributed by atoms with Gasteiger partial charge >= 0.3 is 0 Å². The van der Waals surface area contributed by atoms with Crippen molar-refractivity contribution in [2.24, 2.45) is 0 Å². The van der Waals surface area contributed by atoms with E-state index in [0.717, 1.165) is 47.1 Å². The second-order valence-electron chi connectivity index (χ2n) is 8.21. The van der Waals surface area contributed by atoms with Crippen LogP contribution in [0.1, 0.15) is 47.0 Å². The van der Waals surface area contributed by atoms with Crippen molar-refractivity contribution in [1.82, 2.24) is 25.3 Å². The normalized spacial score (nSPS) is 15.9. The molecule has 0 saturated carbocycles. The van der Waals surface area contributed by atoms with Gasteiger partial charge in [0.1, 0.15) is 0 Å². The third-order valence-electron chi connectivity index (χ3n) is 5.85. The van der Waals surface area contributed by atoms with Gasteiger partial charge in [-0.05, 0) is 62.4 Å². The maximum atomic E-state index is 12.8. The van der Waals surface area contributed by atoms with Crippen molar-refractivity contribution >= 4 is 16.8 Å². The van der Waals surface area contributed by atoms with Gasteiger partial charge in [-0.2, -0.15) is 10.2 Å². The highest BCUT2D eigenvalue weighted by atomic mass is 16.1. The number of aromatic amines is 1. The van der Waals surface area contributed by atoms with Gasteiger partial charge in [-0.25, -0.2) is 4.68 Å². The average Bonchev–Trinajstić information content (AvgIpc) is 3.32. The number of carbonyl (C=O) groups is 1. The Labute approximate surface area is 175 Å². The van der Waals surface area contributed by atoms with Gasteiger partial charge in [0.2, 0.25) is 5.91 Å². The Morgan fingerprint density at radius 3 is 2.83 bits per heavy atom. The first kappa shape index (κ1) is 18.6. The van der Waals surface area contributed by atoms with Crippen LogP contribution in [0.3, 0.4) is 0 Å². The standard InChI is InChI=1S/C24H25N5O/c1-15-10-16(2)12-17(11-15)29-23-9-5-8-20(19(23)14-25-29)26-24(30)13-22-18-6-3-4-7-21(18)27-28-22/h3-4,6-7,10-12,14,20H,5,8-9,13H2,1-2H3,(H,26,30)(H,27,28)/t20-/m0/s1. The van der Waals surface area contributed by atoms with Crippen molar-refractivity contribution in [3.05, 3.63) is 76.7 Å². The predicted octanol–water partition coefficient (Wildman–Crippen LogP) is 4.10. The minimum Gasteiger partial charge on any atom is -0.349 e. The van der Waals surface area contributed by atoms with Crippen LogP contribution in [0.15, 0.2) is 48.7 Å². The van der Waals surface area contributed by atoms with Gasteiger partial charge in [0.25, 0.3) is 0 Å². The molecule has 2 N–H and O–H groups in total. The van der Waals surface area contributed by atoms with E-state index < -0.39 is 0 Å². The van der Waals surface area contributed by atoms with E-state index in [1.54, 1.807) is 0 Å². The summed E-state index contributed by atoms with van der Waals surface area (Å²) in [4.78, 5) is 12.8. The summed E-state index contributed by atoms with van der Waals surface area (Å²) in [7, 11) is 0. The molecule has 1 aliphatic carbocycles. The van der Waals surface area contributed by atoms with Crippen molar-refractivity contribution in [2.45, 2.75) is 45.6 Å². The molecule has 0 bridgehead atoms. The lowest BCUT2D eigenvalue weighted by Gasteiger charge is -2.24. The van der Waals surface area contributed by atoms with E-state index in [2.05, 4.69) is 52.7 Å². The second kappa shape index (κ2) is 7.44. The Morgan fingerprint density at radius 1 is 1.20 bits per heavy atom. The summed E-state index contributed by atoms with van der Waals surface area (Å²) >= 11 is 0. The molecule has 152 valence electrons. The molecule has 0 spiro atoms. The summed E-state index contributed by atoms with van der Waals surface area (Å²) in [5, 5.41) is 16.2. The molecular formula is C24H25N5O. The first-order valence-electron chi connectivity index (χ1n) is 10.5. The molecular weight excluding hydrogens is 374 g/mol. The maximum Gasteiger partial charge on any atom is 0.226 e. The first-order chi connectivity index (χ1) is 14.6. The summed E-state index contributed by atoms with van der Waals surface area (Å²) in [6.45, 7) is 4.21. The lowest BCUT2D eigenvalue weighted by Crippen LogP contribution is -2.32. The van der Waals surface area contributed by atoms with Crippen LogP contribution >= 0.6 is 0 Å². The monoisotopic (exact) mass is 399 g/mol. The van der Waals surface area contributed by atoms with Crippen molar-refractivity contribution in [1.29, 1.82) is 0 Å². The van der Waals surface area contributed by atoms with E-state index in [4.69, 9.17) is 0 Å². The van der Waals surface area contributed by atoms with E-state index in [-0.39, 0.29) is 18.4 Å². The molecule has 0 aliphatic heterocycles. The fourth-order valence-corrected chi connectivity index (χ4v) is 4.56. The second-order valence-corrected chi connectivity index (χ2v) is 8.21. The van der Waals surface area contributed by atoms with Gasteiger partial charge < -0.3 is 5.32 Å². The van der Waals surface area contributed by atoms with Gasteiger partial charge in [-0.15, -0.1) is 0 Å². The van der Waals surface area contributed by atoms with Crippen LogP contribution in [0, 0.1) is 13.8 Å². The van der Waals surface area contributed by atoms with Gasteiger partial charge in [0, 0.05) is 16.6 Å². The molecule has 4 aromatic rings. The molecule has 2 heterocycles. The number of benzene rings is 2. The summed E-state index contributed by atoms with van der Waals surface area (Å²) in [5.74, 6) is 0.00130. The van der Waals surface area contributed by atoms with Crippen molar-refractivity contribution in [3.8, 4) is 5.69 Å². The fraction of sp³-hybridized carbons (Fsp3) is 0.292. The molecule has 2 aromatic carbocycles. The molecule has 0 fully saturated rings. The van der Waals surface area contributed by atoms with Crippen molar-refractivity contribution in [2.75, 3.05) is 0 Å². The van der Waals surface area contributed by atoms with E-state index in [0.29, 0.717) is 0 Å². The van der Waals surface area contributed by atoms with Crippen LogP contribution in [0.4, 0.5) is 0 Å². The molecule has 6 heteroatoms. The first-order valence-corrected chi connectivity index (χ1v) is 10.5. The van der Waals surface area contributed by atoms with Crippen LogP contribution in [0.5, 0.6) is 0 Å². The van der Waals surface area contributed by atoms with Crippen LogP contribution in [-0.4, -0.2) is 25.9 Å². The number of hydrogen-bond donors (Lipinski definition) is 2. The molecule has 1 aliphatic rings. The highest BCUT2D eigenvalue weighted by Gasteiger charge is 2.26. The number of aryl methyl sites for hydroxylation is 2. The smallest absolute Gasteiger partial charge is 0.226 e. The number of para-hydroxylation sites is 1. The summed E-state index contributed by atoms with van der Waals surface area (Å²) in [6, 6.07) is 14.3. The lowest BCUT2D eigenvalue weighted by molar-refractivity contribution is -0.121. The van der Waals surface area contributed by atoms with Crippen LogP contribution in [-0.2, 0) is 17.6 Å². The van der Waals surface area contributed by atoms with Crippen LogP contribution < -0.4 is 5.32 Å². The van der Waals surface area contributed by atoms with E-state index in [1.165, 1.54) is 16.8 Å². The average molecular weight is 399 g/mol. The maximum absolute atomic E-state index is 12.8. The van der Waals surface area contributed by atoms with E-state index >= 15 is 0 Å². The van der Waals surface area contributed by atoms with Crippen molar-refractivity contribution in [3.63, 3.8) is 0 Å². The van der Waals surface area contributed by atoms with E-state index in [9.17, 15) is 4.79 Å². The third-order valence-corrected chi connectivity index (χ3v) is 5.85. The van der Waals surface area contributed by atoms with Crippen LogP contribution in [0.2, 0.25) is 0 Å². The highest BCUT2D eigenvalue weighted by Crippen LogP contribution is 2.31. The van der Waals surface area contributed by atoms with E-state index in [1.807, 2.05) is 35.1 Å². The Balaban J connectivity index is 1.37. The molecule has 2 aromatic heterocycles. The minimum absolute atomic E-state index is 0.00130. The summed E-state index contributed by atoms with van der Waals surface area (Å²) < 4.78 is 2.04. The quantitative estimate of drug-likeness (QED) is 0.542. The number of amides is 1. The number of fused-ring (bicyclic) bond motifs is 2. The molecule has 5 rings (SSSR count). The lowest BCUT2D eigenvalue weighted by atomic mass is 9.92. The zero-order valence-electron chi connectivity index (χ0n) is 17.3. The molecule has 0 radical (unpaired) electrons. The topological polar surface area (TPSA) is 75.6 Å². The largest absolute Gasteiger partial charge is 0.349 e. The number of aromatic nitrogens is 4. The van der Waals surface area contributed by atoms with Crippen LogP contribution in [0.25, 0.3) is 16.6 Å². The van der Waals surface area contributed by atoms with Gasteiger partial charge in [-0.3, -0.25) is 9.89 Å². The number of nitrogens with one attached hydrogen (secondary N) is 2. The predicted molar refractivity (Wildman–Crippen MR) is 117 cm³/mol. The minimum atomic E-state index is -0.00454. The number of hydrogen-bond acceptors (Lipinski definition) is 3. The SMILES string of the molecule is Cc1cc(C)cc(-n2ncc3c2CCC[C@@H]3NC(=O)Cc2[nH]nc3ccccc23)c1. The Bertz CT molecular complexity index is 1220. The molecule has 0 saturated heterocycles. The zero-order valence-corrected chi connectivity index (χ0v) is 17.3. The highest BCUT2D eigenvalue weighted by molar-refractivity contribution is 5.87. The molecule has 6 nitrogen and oxygen atoms in total. The van der Waals surface area contributed by atoms with Gasteiger partial charge in [0.05, 0.1) is 35.6 Å². The number of H-pyrrole nitrogens is 1. The molecule has 0 unspecified atom stereocenters. The van der Waals surface area contributed by atoms with Gasteiger partial charge in [-0.1, -0.05) is 24.3 Å². The Kier molecular flexibility index (Phi) is 4.62. The number of rotatable bonds is 4. The zero-order chi connectivity index (χ0) is 20.7. The molecule has 1 atom stereocenters. The molecule has 30 heavy (non-hydrogen) atoms. The molecule has 1 amide bonds. The van der Waals surface area contributed by atoms with Crippen molar-refractivity contribution < 1.29 is 4.79 Å². The third kappa shape index (κ3) is 3.38. The summed E-state index contributed by atoms with van der Waals surface area (Å²) in [5.41, 5.74) is 7.60. The number of nitrogens with zero attached hydrogens (tertiary/aromatic N) is 3. The Morgan fingerprint density at radius 2 is 2.00 bits per heavy atom. The Hall–Kier alpha value is -3.41. The fourth-order valence-electron chi connectivity index (χ4n) is 4.56. The summed E-state index contributed by atoms with van der Waals surface area (Å²) in [6.07, 6.45) is 5.14.